The Balaban J connectivity index is 2.33. The molecular formula is C16H28N4. The number of hydrogen-bond acceptors (Lipinski definition) is 2. The van der Waals surface area contributed by atoms with Crippen LogP contribution in [0.2, 0.25) is 0 Å². The summed E-state index contributed by atoms with van der Waals surface area (Å²) < 4.78 is 0. The third kappa shape index (κ3) is 6.06. The summed E-state index contributed by atoms with van der Waals surface area (Å²) in [6, 6.07) is 8.52. The maximum atomic E-state index is 4.25. The molecule has 0 radical (unpaired) electrons. The summed E-state index contributed by atoms with van der Waals surface area (Å²) in [5.74, 6) is 0.860. The summed E-state index contributed by atoms with van der Waals surface area (Å²) in [4.78, 5) is 6.64. The number of guanidine groups is 1. The van der Waals surface area contributed by atoms with E-state index < -0.39 is 0 Å². The monoisotopic (exact) mass is 276 g/mol. The summed E-state index contributed by atoms with van der Waals surface area (Å²) in [7, 11) is 1.81. The lowest BCUT2D eigenvalue weighted by Gasteiger charge is -2.19. The van der Waals surface area contributed by atoms with Crippen molar-refractivity contribution in [3.05, 3.63) is 35.4 Å². The van der Waals surface area contributed by atoms with Gasteiger partial charge in [0.15, 0.2) is 5.96 Å². The molecule has 1 aromatic rings. The number of aryl methyl sites for hydroxylation is 1. The van der Waals surface area contributed by atoms with E-state index >= 15 is 0 Å². The van der Waals surface area contributed by atoms with E-state index in [1.54, 1.807) is 0 Å². The van der Waals surface area contributed by atoms with Crippen LogP contribution in [0.3, 0.4) is 0 Å². The zero-order valence-electron chi connectivity index (χ0n) is 13.2. The van der Waals surface area contributed by atoms with Gasteiger partial charge in [0.1, 0.15) is 0 Å². The van der Waals surface area contributed by atoms with Gasteiger partial charge in [-0.15, -0.1) is 0 Å². The Kier molecular flexibility index (Phi) is 7.73. The first-order chi connectivity index (χ1) is 9.69. The van der Waals surface area contributed by atoms with Crippen LogP contribution < -0.4 is 10.6 Å². The number of aliphatic imine (C=N–C) groups is 1. The maximum Gasteiger partial charge on any atom is 0.191 e. The molecule has 0 bridgehead atoms. The Hall–Kier alpha value is -1.55. The predicted molar refractivity (Wildman–Crippen MR) is 87.2 cm³/mol. The van der Waals surface area contributed by atoms with E-state index in [1.165, 1.54) is 11.1 Å². The van der Waals surface area contributed by atoms with E-state index in [9.17, 15) is 0 Å². The van der Waals surface area contributed by atoms with Crippen LogP contribution in [0.1, 0.15) is 25.0 Å². The third-order valence-electron chi connectivity index (χ3n) is 3.38. The minimum Gasteiger partial charge on any atom is -0.355 e. The zero-order chi connectivity index (χ0) is 14.8. The van der Waals surface area contributed by atoms with Gasteiger partial charge in [0.25, 0.3) is 0 Å². The van der Waals surface area contributed by atoms with Gasteiger partial charge in [-0.1, -0.05) is 43.7 Å². The van der Waals surface area contributed by atoms with E-state index in [0.717, 1.165) is 38.7 Å². The molecule has 0 aliphatic heterocycles. The highest BCUT2D eigenvalue weighted by Gasteiger charge is 2.01. The second kappa shape index (κ2) is 9.37. The Morgan fingerprint density at radius 3 is 2.55 bits per heavy atom. The number of nitrogens with zero attached hydrogens (tertiary/aromatic N) is 2. The van der Waals surface area contributed by atoms with Crippen LogP contribution in [0.25, 0.3) is 0 Å². The zero-order valence-corrected chi connectivity index (χ0v) is 13.2. The van der Waals surface area contributed by atoms with Gasteiger partial charge in [-0.25, -0.2) is 0 Å². The van der Waals surface area contributed by atoms with Crippen molar-refractivity contribution in [1.82, 2.24) is 15.5 Å². The van der Waals surface area contributed by atoms with Crippen LogP contribution >= 0.6 is 0 Å². The highest BCUT2D eigenvalue weighted by Crippen LogP contribution is 2.02. The Morgan fingerprint density at radius 2 is 1.95 bits per heavy atom. The average Bonchev–Trinajstić information content (AvgIpc) is 2.47. The van der Waals surface area contributed by atoms with Crippen molar-refractivity contribution in [2.45, 2.75) is 27.3 Å². The normalized spacial score (nSPS) is 11.8. The van der Waals surface area contributed by atoms with Crippen molar-refractivity contribution < 1.29 is 0 Å². The number of hydrogen-bond donors (Lipinski definition) is 2. The Morgan fingerprint density at radius 1 is 1.20 bits per heavy atom. The Bertz CT molecular complexity index is 411. The van der Waals surface area contributed by atoms with Gasteiger partial charge in [0.2, 0.25) is 0 Å². The molecule has 0 fully saturated rings. The molecular weight excluding hydrogens is 248 g/mol. The molecule has 4 nitrogen and oxygen atoms in total. The molecule has 0 aliphatic rings. The predicted octanol–water partition coefficient (Wildman–Crippen LogP) is 2.00. The van der Waals surface area contributed by atoms with E-state index in [1.807, 2.05) is 7.05 Å². The minimum atomic E-state index is 0.798. The van der Waals surface area contributed by atoms with Crippen LogP contribution in [0.5, 0.6) is 0 Å². The van der Waals surface area contributed by atoms with Crippen LogP contribution in [-0.4, -0.2) is 44.1 Å². The number of nitrogens with one attached hydrogen (secondary N) is 2. The molecule has 0 saturated carbocycles. The molecule has 0 aliphatic carbocycles. The number of benzene rings is 1. The molecule has 0 amide bonds. The molecule has 4 heteroatoms. The molecule has 1 aromatic carbocycles. The fraction of sp³-hybridized carbons (Fsp3) is 0.562. The molecule has 1 rings (SSSR count). The highest BCUT2D eigenvalue weighted by molar-refractivity contribution is 5.79. The third-order valence-corrected chi connectivity index (χ3v) is 3.38. The van der Waals surface area contributed by atoms with Crippen LogP contribution in [0, 0.1) is 6.92 Å². The quantitative estimate of drug-likeness (QED) is 0.591. The first-order valence-corrected chi connectivity index (χ1v) is 7.42. The van der Waals surface area contributed by atoms with Crippen LogP contribution in [-0.2, 0) is 6.54 Å². The van der Waals surface area contributed by atoms with Gasteiger partial charge in [-0.2, -0.15) is 0 Å². The van der Waals surface area contributed by atoms with Crippen molar-refractivity contribution in [3.63, 3.8) is 0 Å². The average molecular weight is 276 g/mol. The molecule has 0 heterocycles. The maximum absolute atomic E-state index is 4.25. The van der Waals surface area contributed by atoms with Gasteiger partial charge in [0, 0.05) is 26.7 Å². The van der Waals surface area contributed by atoms with Crippen molar-refractivity contribution >= 4 is 5.96 Å². The van der Waals surface area contributed by atoms with E-state index in [-0.39, 0.29) is 0 Å². The van der Waals surface area contributed by atoms with Crippen LogP contribution in [0.4, 0.5) is 0 Å². The lowest BCUT2D eigenvalue weighted by Crippen LogP contribution is -2.41. The molecule has 20 heavy (non-hydrogen) atoms. The lowest BCUT2D eigenvalue weighted by molar-refractivity contribution is 0.308. The van der Waals surface area contributed by atoms with Crippen molar-refractivity contribution in [2.75, 3.05) is 33.2 Å². The van der Waals surface area contributed by atoms with Gasteiger partial charge >= 0.3 is 0 Å². The largest absolute Gasteiger partial charge is 0.355 e. The van der Waals surface area contributed by atoms with Crippen molar-refractivity contribution in [2.24, 2.45) is 4.99 Å². The standard InChI is InChI=1S/C16H28N4/c1-5-20(6-2)11-10-18-16(17-4)19-13-15-9-7-8-14(3)12-15/h7-9,12H,5-6,10-11,13H2,1-4H3,(H2,17,18,19). The summed E-state index contributed by atoms with van der Waals surface area (Å²) in [5, 5.41) is 6.69. The van der Waals surface area contributed by atoms with E-state index in [0.29, 0.717) is 0 Å². The molecule has 0 spiro atoms. The summed E-state index contributed by atoms with van der Waals surface area (Å²) >= 11 is 0. The Labute approximate surface area is 123 Å². The number of likely N-dealkylation sites (N-methyl/N-ethyl adjacent to an activating group) is 1. The minimum absolute atomic E-state index is 0.798. The van der Waals surface area contributed by atoms with Crippen molar-refractivity contribution in [3.8, 4) is 0 Å². The van der Waals surface area contributed by atoms with Gasteiger partial charge in [-0.3, -0.25) is 4.99 Å². The van der Waals surface area contributed by atoms with Gasteiger partial charge < -0.3 is 15.5 Å². The number of rotatable bonds is 7. The molecule has 0 saturated heterocycles. The van der Waals surface area contributed by atoms with Crippen LogP contribution in [0.15, 0.2) is 29.3 Å². The van der Waals surface area contributed by atoms with Crippen molar-refractivity contribution in [1.29, 1.82) is 0 Å². The van der Waals surface area contributed by atoms with E-state index in [4.69, 9.17) is 0 Å². The molecule has 0 aromatic heterocycles. The second-order valence-electron chi connectivity index (χ2n) is 4.87. The van der Waals surface area contributed by atoms with E-state index in [2.05, 4.69) is 65.6 Å². The first kappa shape index (κ1) is 16.5. The first-order valence-electron chi connectivity index (χ1n) is 7.42. The molecule has 0 atom stereocenters. The SMILES string of the molecule is CCN(CC)CCNC(=NC)NCc1cccc(C)c1. The topological polar surface area (TPSA) is 39.7 Å². The summed E-state index contributed by atoms with van der Waals surface area (Å²) in [6.07, 6.45) is 0. The molecule has 0 unspecified atom stereocenters. The lowest BCUT2D eigenvalue weighted by atomic mass is 10.1. The second-order valence-corrected chi connectivity index (χ2v) is 4.87. The summed E-state index contributed by atoms with van der Waals surface area (Å²) in [5.41, 5.74) is 2.56. The molecule has 2 N–H and O–H groups in total. The van der Waals surface area contributed by atoms with Gasteiger partial charge in [-0.05, 0) is 25.6 Å². The van der Waals surface area contributed by atoms with Gasteiger partial charge in [0.05, 0.1) is 0 Å². The fourth-order valence-corrected chi connectivity index (χ4v) is 2.10. The fourth-order valence-electron chi connectivity index (χ4n) is 2.10. The summed E-state index contributed by atoms with van der Waals surface area (Å²) in [6.45, 7) is 11.4. The smallest absolute Gasteiger partial charge is 0.191 e. The highest BCUT2D eigenvalue weighted by atomic mass is 15.2. The molecule has 112 valence electrons.